The molecule has 6 nitrogen and oxygen atoms in total. The van der Waals surface area contributed by atoms with E-state index in [4.69, 9.17) is 0 Å². The lowest BCUT2D eigenvalue weighted by Gasteiger charge is -2.20. The first-order chi connectivity index (χ1) is 9.00. The maximum Gasteiger partial charge on any atom is 0.279 e. The van der Waals surface area contributed by atoms with E-state index >= 15 is 0 Å². The van der Waals surface area contributed by atoms with Crippen LogP contribution >= 0.6 is 0 Å². The van der Waals surface area contributed by atoms with Crippen LogP contribution in [0.25, 0.3) is 0 Å². The van der Waals surface area contributed by atoms with Crippen LogP contribution in [0, 0.1) is 13.8 Å². The van der Waals surface area contributed by atoms with Crippen molar-refractivity contribution in [3.8, 4) is 0 Å². The number of aryl methyl sites for hydroxylation is 2. The van der Waals surface area contributed by atoms with E-state index in [1.54, 1.807) is 4.31 Å². The summed E-state index contributed by atoms with van der Waals surface area (Å²) in [7, 11) is -3.37. The molecule has 1 aliphatic heterocycles. The van der Waals surface area contributed by atoms with Gasteiger partial charge in [0.05, 0.1) is 5.69 Å². The lowest BCUT2D eigenvalue weighted by atomic mass is 10.2. The Morgan fingerprint density at radius 2 is 1.84 bits per heavy atom. The summed E-state index contributed by atoms with van der Waals surface area (Å²) in [6, 6.07) is 0. The van der Waals surface area contributed by atoms with Crippen molar-refractivity contribution in [1.29, 1.82) is 0 Å². The molecule has 1 fully saturated rings. The Morgan fingerprint density at radius 3 is 2.37 bits per heavy atom. The molecule has 0 bridgehead atoms. The van der Waals surface area contributed by atoms with Crippen LogP contribution in [-0.4, -0.2) is 36.0 Å². The Balaban J connectivity index is 2.01. The first kappa shape index (κ1) is 14.5. The van der Waals surface area contributed by atoms with Crippen molar-refractivity contribution in [3.05, 3.63) is 17.0 Å². The second kappa shape index (κ2) is 6.02. The van der Waals surface area contributed by atoms with Gasteiger partial charge in [0.15, 0.2) is 0 Å². The minimum atomic E-state index is -3.37. The number of hydrogen-bond acceptors (Lipinski definition) is 3. The molecule has 19 heavy (non-hydrogen) atoms. The Hall–Kier alpha value is -0.920. The Morgan fingerprint density at radius 1 is 1.21 bits per heavy atom. The van der Waals surface area contributed by atoms with E-state index in [-0.39, 0.29) is 0 Å². The predicted octanol–water partition coefficient (Wildman–Crippen LogP) is 1.24. The number of aromatic nitrogens is 2. The van der Waals surface area contributed by atoms with Crippen LogP contribution in [0.1, 0.15) is 42.6 Å². The Bertz CT molecular complexity index is 496. The fraction of sp³-hybridized carbons (Fsp3) is 0.750. The first-order valence-corrected chi connectivity index (χ1v) is 8.20. The molecule has 0 atom stereocenters. The standard InChI is InChI=1S/C12H22N4O2S/c1-10-12(11(2)15-14-10)9-13-19(17,18)16-7-5-3-4-6-8-16/h13H,3-9H2,1-2H3,(H,14,15). The molecule has 1 saturated heterocycles. The molecule has 0 unspecified atom stereocenters. The maximum atomic E-state index is 12.2. The zero-order valence-corrected chi connectivity index (χ0v) is 12.4. The minimum Gasteiger partial charge on any atom is -0.282 e. The number of hydrogen-bond donors (Lipinski definition) is 2. The van der Waals surface area contributed by atoms with Gasteiger partial charge in [0.2, 0.25) is 0 Å². The largest absolute Gasteiger partial charge is 0.282 e. The van der Waals surface area contributed by atoms with Crippen molar-refractivity contribution in [2.45, 2.75) is 46.1 Å². The van der Waals surface area contributed by atoms with Gasteiger partial charge in [-0.25, -0.2) is 0 Å². The maximum absolute atomic E-state index is 12.2. The predicted molar refractivity (Wildman–Crippen MR) is 73.9 cm³/mol. The highest BCUT2D eigenvalue weighted by Crippen LogP contribution is 2.14. The molecule has 1 aliphatic rings. The normalized spacial score (nSPS) is 18.4. The average Bonchev–Trinajstić information content (AvgIpc) is 2.62. The van der Waals surface area contributed by atoms with Crippen molar-refractivity contribution in [2.75, 3.05) is 13.1 Å². The third-order valence-corrected chi connectivity index (χ3v) is 5.17. The van der Waals surface area contributed by atoms with E-state index in [1.165, 1.54) is 0 Å². The van der Waals surface area contributed by atoms with Gasteiger partial charge in [-0.3, -0.25) is 5.10 Å². The lowest BCUT2D eigenvalue weighted by Crippen LogP contribution is -2.41. The molecule has 0 radical (unpaired) electrons. The molecule has 0 amide bonds. The molecule has 108 valence electrons. The fourth-order valence-electron chi connectivity index (χ4n) is 2.37. The van der Waals surface area contributed by atoms with Crippen LogP contribution in [0.2, 0.25) is 0 Å². The topological polar surface area (TPSA) is 78.1 Å². The van der Waals surface area contributed by atoms with E-state index in [9.17, 15) is 8.42 Å². The Labute approximate surface area is 114 Å². The second-order valence-corrected chi connectivity index (χ2v) is 6.81. The lowest BCUT2D eigenvalue weighted by molar-refractivity contribution is 0.414. The number of nitrogens with zero attached hydrogens (tertiary/aromatic N) is 2. The van der Waals surface area contributed by atoms with Crippen molar-refractivity contribution in [1.82, 2.24) is 19.2 Å². The molecule has 0 spiro atoms. The van der Waals surface area contributed by atoms with Crippen molar-refractivity contribution in [2.24, 2.45) is 0 Å². The molecule has 0 aromatic carbocycles. The van der Waals surface area contributed by atoms with Crippen LogP contribution in [-0.2, 0) is 16.8 Å². The van der Waals surface area contributed by atoms with Crippen LogP contribution in [0.5, 0.6) is 0 Å². The number of rotatable bonds is 4. The SMILES string of the molecule is Cc1n[nH]c(C)c1CNS(=O)(=O)N1CCCCCC1. The van der Waals surface area contributed by atoms with Crippen LogP contribution in [0.4, 0.5) is 0 Å². The zero-order chi connectivity index (χ0) is 13.9. The van der Waals surface area contributed by atoms with E-state index in [1.807, 2.05) is 13.8 Å². The summed E-state index contributed by atoms with van der Waals surface area (Å²) in [5, 5.41) is 6.94. The molecule has 1 aromatic heterocycles. The van der Waals surface area contributed by atoms with Crippen LogP contribution < -0.4 is 4.72 Å². The molecular weight excluding hydrogens is 264 g/mol. The quantitative estimate of drug-likeness (QED) is 0.874. The highest BCUT2D eigenvalue weighted by Gasteiger charge is 2.23. The summed E-state index contributed by atoms with van der Waals surface area (Å²) in [4.78, 5) is 0. The van der Waals surface area contributed by atoms with E-state index in [0.29, 0.717) is 19.6 Å². The van der Waals surface area contributed by atoms with E-state index in [2.05, 4.69) is 14.9 Å². The van der Waals surface area contributed by atoms with Crippen molar-refractivity contribution in [3.63, 3.8) is 0 Å². The monoisotopic (exact) mass is 286 g/mol. The van der Waals surface area contributed by atoms with Gasteiger partial charge in [0, 0.05) is 30.9 Å². The average molecular weight is 286 g/mol. The molecule has 0 saturated carbocycles. The van der Waals surface area contributed by atoms with Gasteiger partial charge >= 0.3 is 0 Å². The first-order valence-electron chi connectivity index (χ1n) is 6.76. The molecule has 0 aliphatic carbocycles. The molecule has 1 aromatic rings. The smallest absolute Gasteiger partial charge is 0.279 e. The van der Waals surface area contributed by atoms with E-state index < -0.39 is 10.2 Å². The summed E-state index contributed by atoms with van der Waals surface area (Å²) < 4.78 is 28.7. The molecule has 2 rings (SSSR count). The van der Waals surface area contributed by atoms with Gasteiger partial charge in [-0.1, -0.05) is 12.8 Å². The molecule has 2 N–H and O–H groups in total. The zero-order valence-electron chi connectivity index (χ0n) is 11.6. The van der Waals surface area contributed by atoms with Gasteiger partial charge in [-0.15, -0.1) is 0 Å². The van der Waals surface area contributed by atoms with Gasteiger partial charge in [-0.2, -0.15) is 22.5 Å². The van der Waals surface area contributed by atoms with Gasteiger partial charge in [0.1, 0.15) is 0 Å². The van der Waals surface area contributed by atoms with Gasteiger partial charge in [-0.05, 0) is 26.7 Å². The summed E-state index contributed by atoms with van der Waals surface area (Å²) >= 11 is 0. The Kier molecular flexibility index (Phi) is 4.59. The number of nitrogens with one attached hydrogen (secondary N) is 2. The number of H-pyrrole nitrogens is 1. The van der Waals surface area contributed by atoms with Crippen molar-refractivity contribution < 1.29 is 8.42 Å². The summed E-state index contributed by atoms with van der Waals surface area (Å²) in [6.07, 6.45) is 4.13. The summed E-state index contributed by atoms with van der Waals surface area (Å²) in [6.45, 7) is 5.32. The summed E-state index contributed by atoms with van der Waals surface area (Å²) in [5.41, 5.74) is 2.69. The minimum absolute atomic E-state index is 0.299. The fourth-order valence-corrected chi connectivity index (χ4v) is 3.62. The van der Waals surface area contributed by atoms with Gasteiger partial charge in [0.25, 0.3) is 10.2 Å². The van der Waals surface area contributed by atoms with E-state index in [0.717, 1.165) is 42.6 Å². The summed E-state index contributed by atoms with van der Waals surface area (Å²) in [5.74, 6) is 0. The highest BCUT2D eigenvalue weighted by molar-refractivity contribution is 7.87. The number of aromatic amines is 1. The molecular formula is C12H22N4O2S. The third-order valence-electron chi connectivity index (χ3n) is 3.62. The molecule has 7 heteroatoms. The van der Waals surface area contributed by atoms with Crippen molar-refractivity contribution >= 4 is 10.2 Å². The second-order valence-electron chi connectivity index (χ2n) is 5.05. The van der Waals surface area contributed by atoms with Crippen LogP contribution in [0.15, 0.2) is 0 Å². The van der Waals surface area contributed by atoms with Crippen LogP contribution in [0.3, 0.4) is 0 Å². The van der Waals surface area contributed by atoms with Gasteiger partial charge < -0.3 is 0 Å². The third kappa shape index (κ3) is 3.55. The molecule has 2 heterocycles. The highest BCUT2D eigenvalue weighted by atomic mass is 32.2.